The maximum atomic E-state index is 13.3. The molecule has 32 heavy (non-hydrogen) atoms. The number of nitrogens with one attached hydrogen (secondary N) is 1. The third-order valence-electron chi connectivity index (χ3n) is 6.96. The van der Waals surface area contributed by atoms with Crippen molar-refractivity contribution >= 4 is 27.5 Å². The van der Waals surface area contributed by atoms with Crippen LogP contribution in [-0.4, -0.2) is 57.1 Å². The van der Waals surface area contributed by atoms with E-state index in [0.717, 1.165) is 23.0 Å². The molecule has 2 aromatic heterocycles. The number of hydrogen-bond acceptors (Lipinski definition) is 5. The number of rotatable bonds is 3. The first-order valence-corrected chi connectivity index (χ1v) is 11.7. The number of β-amino-alcohol motifs (C(OH)–C–C–N with tert-alkyl or cyclic N) is 1. The lowest BCUT2D eigenvalue weighted by Gasteiger charge is -2.48. The molecule has 0 bridgehead atoms. The molecule has 3 atom stereocenters. The van der Waals surface area contributed by atoms with Gasteiger partial charge in [0.25, 0.3) is 5.91 Å². The molecular formula is C24H27BrN4O3. The smallest absolute Gasteiger partial charge is 0.274 e. The lowest BCUT2D eigenvalue weighted by atomic mass is 9.76. The van der Waals surface area contributed by atoms with Crippen LogP contribution < -0.4 is 5.32 Å². The standard InChI is InChI=1S/C24H27BrN4O3/c1-15(32-2)19-9-18(25)12-29-13-20(27-22(19)29)23(31)28-8-7-24(21(30)14-28)10-16-5-3-4-6-17(16)11-26-24/h3-6,9,12-13,15,21,26,30H,7-8,10-11,14H2,1-2H3. The summed E-state index contributed by atoms with van der Waals surface area (Å²) in [5.41, 5.74) is 4.14. The molecular weight excluding hydrogens is 472 g/mol. The number of fused-ring (bicyclic) bond motifs is 2. The summed E-state index contributed by atoms with van der Waals surface area (Å²) in [6.45, 7) is 3.55. The molecule has 1 aromatic carbocycles. The fourth-order valence-corrected chi connectivity index (χ4v) is 5.40. The maximum Gasteiger partial charge on any atom is 0.274 e. The Morgan fingerprint density at radius 2 is 2.12 bits per heavy atom. The molecule has 1 amide bonds. The minimum absolute atomic E-state index is 0.155. The van der Waals surface area contributed by atoms with E-state index >= 15 is 0 Å². The van der Waals surface area contributed by atoms with Crippen LogP contribution in [0.5, 0.6) is 0 Å². The van der Waals surface area contributed by atoms with Gasteiger partial charge >= 0.3 is 0 Å². The largest absolute Gasteiger partial charge is 0.389 e. The zero-order chi connectivity index (χ0) is 22.5. The summed E-state index contributed by atoms with van der Waals surface area (Å²) in [6, 6.07) is 10.3. The first-order valence-electron chi connectivity index (χ1n) is 10.9. The lowest BCUT2D eigenvalue weighted by molar-refractivity contribution is -0.0140. The number of aliphatic hydroxyl groups excluding tert-OH is 1. The van der Waals surface area contributed by atoms with Crippen LogP contribution in [0.2, 0.25) is 0 Å². The number of methoxy groups -OCH3 is 1. The second-order valence-electron chi connectivity index (χ2n) is 8.82. The Morgan fingerprint density at radius 1 is 1.34 bits per heavy atom. The van der Waals surface area contributed by atoms with Crippen molar-refractivity contribution in [1.29, 1.82) is 0 Å². The number of imidazole rings is 1. The fraction of sp³-hybridized carbons (Fsp3) is 0.417. The minimum Gasteiger partial charge on any atom is -0.389 e. The number of carbonyl (C=O) groups is 1. The summed E-state index contributed by atoms with van der Waals surface area (Å²) >= 11 is 3.52. The van der Waals surface area contributed by atoms with E-state index in [4.69, 9.17) is 4.74 Å². The molecule has 168 valence electrons. The molecule has 3 aromatic rings. The second-order valence-corrected chi connectivity index (χ2v) is 9.74. The molecule has 2 N–H and O–H groups in total. The number of carbonyl (C=O) groups excluding carboxylic acids is 1. The van der Waals surface area contributed by atoms with Gasteiger partial charge in [-0.15, -0.1) is 0 Å². The zero-order valence-electron chi connectivity index (χ0n) is 18.2. The molecule has 1 saturated heterocycles. The molecule has 0 radical (unpaired) electrons. The molecule has 3 unspecified atom stereocenters. The van der Waals surface area contributed by atoms with Gasteiger partial charge < -0.3 is 24.5 Å². The normalized spacial score (nSPS) is 24.0. The number of benzene rings is 1. The number of halogens is 1. The van der Waals surface area contributed by atoms with Crippen LogP contribution in [0.4, 0.5) is 0 Å². The Balaban J connectivity index is 1.37. The zero-order valence-corrected chi connectivity index (χ0v) is 19.8. The summed E-state index contributed by atoms with van der Waals surface area (Å²) in [5.74, 6) is -0.161. The Bertz CT molecular complexity index is 1180. The van der Waals surface area contributed by atoms with Gasteiger partial charge in [0.2, 0.25) is 0 Å². The Morgan fingerprint density at radius 3 is 2.88 bits per heavy atom. The molecule has 4 heterocycles. The van der Waals surface area contributed by atoms with Gasteiger partial charge in [-0.2, -0.15) is 0 Å². The predicted molar refractivity (Wildman–Crippen MR) is 125 cm³/mol. The van der Waals surface area contributed by atoms with E-state index in [2.05, 4.69) is 38.4 Å². The predicted octanol–water partition coefficient (Wildman–Crippen LogP) is 3.10. The van der Waals surface area contributed by atoms with Gasteiger partial charge in [0.15, 0.2) is 0 Å². The topological polar surface area (TPSA) is 79.1 Å². The van der Waals surface area contributed by atoms with Crippen molar-refractivity contribution < 1.29 is 14.6 Å². The number of aromatic nitrogens is 2. The number of hydrogen-bond donors (Lipinski definition) is 2. The molecule has 2 aliphatic heterocycles. The highest BCUT2D eigenvalue weighted by Gasteiger charge is 2.45. The molecule has 8 heteroatoms. The number of likely N-dealkylation sites (tertiary alicyclic amines) is 1. The quantitative estimate of drug-likeness (QED) is 0.579. The highest BCUT2D eigenvalue weighted by molar-refractivity contribution is 9.10. The monoisotopic (exact) mass is 498 g/mol. The van der Waals surface area contributed by atoms with Crippen molar-refractivity contribution in [2.45, 2.75) is 44.1 Å². The van der Waals surface area contributed by atoms with E-state index in [1.165, 1.54) is 11.1 Å². The van der Waals surface area contributed by atoms with Crippen LogP contribution in [0.3, 0.4) is 0 Å². The van der Waals surface area contributed by atoms with E-state index in [9.17, 15) is 9.90 Å². The number of aliphatic hydroxyl groups is 1. The van der Waals surface area contributed by atoms with Crippen LogP contribution >= 0.6 is 15.9 Å². The van der Waals surface area contributed by atoms with Crippen LogP contribution in [0.15, 0.2) is 47.2 Å². The molecule has 0 aliphatic carbocycles. The van der Waals surface area contributed by atoms with Crippen molar-refractivity contribution in [1.82, 2.24) is 19.6 Å². The molecule has 5 rings (SSSR count). The first kappa shape index (κ1) is 21.6. The fourth-order valence-electron chi connectivity index (χ4n) is 4.93. The summed E-state index contributed by atoms with van der Waals surface area (Å²) in [4.78, 5) is 19.6. The van der Waals surface area contributed by atoms with Crippen molar-refractivity contribution in [2.24, 2.45) is 0 Å². The van der Waals surface area contributed by atoms with Gasteiger partial charge in [-0.3, -0.25) is 4.79 Å². The van der Waals surface area contributed by atoms with Gasteiger partial charge in [-0.1, -0.05) is 24.3 Å². The Labute approximate surface area is 195 Å². The summed E-state index contributed by atoms with van der Waals surface area (Å²) in [5, 5.41) is 14.7. The molecule has 1 spiro atoms. The van der Waals surface area contributed by atoms with Gasteiger partial charge in [-0.25, -0.2) is 4.98 Å². The molecule has 0 saturated carbocycles. The van der Waals surface area contributed by atoms with Gasteiger partial charge in [0.1, 0.15) is 11.3 Å². The lowest BCUT2D eigenvalue weighted by Crippen LogP contribution is -2.65. The Kier molecular flexibility index (Phi) is 5.57. The van der Waals surface area contributed by atoms with Crippen molar-refractivity contribution in [3.8, 4) is 0 Å². The third kappa shape index (κ3) is 3.65. The molecule has 7 nitrogen and oxygen atoms in total. The average molecular weight is 499 g/mol. The van der Waals surface area contributed by atoms with Gasteiger partial charge in [0.05, 0.1) is 17.7 Å². The van der Waals surface area contributed by atoms with Crippen molar-refractivity contribution in [3.05, 3.63) is 69.6 Å². The summed E-state index contributed by atoms with van der Waals surface area (Å²) in [7, 11) is 1.65. The first-order chi connectivity index (χ1) is 15.4. The number of piperidine rings is 1. The van der Waals surface area contributed by atoms with E-state index < -0.39 is 11.6 Å². The average Bonchev–Trinajstić information content (AvgIpc) is 3.23. The van der Waals surface area contributed by atoms with Crippen molar-refractivity contribution in [3.63, 3.8) is 0 Å². The molecule has 2 aliphatic rings. The summed E-state index contributed by atoms with van der Waals surface area (Å²) < 4.78 is 8.22. The second kappa shape index (κ2) is 8.26. The van der Waals surface area contributed by atoms with Crippen LogP contribution in [0.25, 0.3) is 5.65 Å². The van der Waals surface area contributed by atoms with E-state index in [0.29, 0.717) is 24.3 Å². The molecule has 1 fully saturated rings. The van der Waals surface area contributed by atoms with E-state index in [1.54, 1.807) is 18.2 Å². The highest BCUT2D eigenvalue weighted by atomic mass is 79.9. The minimum atomic E-state index is -0.649. The van der Waals surface area contributed by atoms with Crippen LogP contribution in [-0.2, 0) is 17.7 Å². The van der Waals surface area contributed by atoms with E-state index in [1.807, 2.05) is 35.7 Å². The number of ether oxygens (including phenoxy) is 1. The van der Waals surface area contributed by atoms with E-state index in [-0.39, 0.29) is 18.6 Å². The Hall–Kier alpha value is -2.26. The SMILES string of the molecule is COC(C)c1cc(Br)cn2cc(C(=O)N3CCC4(Cc5ccccc5CN4)C(O)C3)nc12. The van der Waals surface area contributed by atoms with Crippen LogP contribution in [0, 0.1) is 0 Å². The highest BCUT2D eigenvalue weighted by Crippen LogP contribution is 2.33. The van der Waals surface area contributed by atoms with Crippen molar-refractivity contribution in [2.75, 3.05) is 20.2 Å². The van der Waals surface area contributed by atoms with Gasteiger partial charge in [0, 0.05) is 49.2 Å². The summed E-state index contributed by atoms with van der Waals surface area (Å²) in [6.07, 6.45) is 4.29. The van der Waals surface area contributed by atoms with Crippen LogP contribution in [0.1, 0.15) is 46.6 Å². The number of nitrogens with zero attached hydrogens (tertiary/aromatic N) is 3. The van der Waals surface area contributed by atoms with Gasteiger partial charge in [-0.05, 0) is 52.9 Å². The maximum absolute atomic E-state index is 13.3. The third-order valence-corrected chi connectivity index (χ3v) is 7.39. The number of amides is 1. The number of pyridine rings is 1.